The summed E-state index contributed by atoms with van der Waals surface area (Å²) in [5, 5.41) is 9.96. The van der Waals surface area contributed by atoms with Gasteiger partial charge in [0.1, 0.15) is 5.01 Å². The molecule has 0 aromatic carbocycles. The molecule has 2 aliphatic rings. The number of carbonyl (C=O) groups excluding carboxylic acids is 1. The first-order chi connectivity index (χ1) is 10.7. The molecule has 3 heterocycles. The smallest absolute Gasteiger partial charge is 0.294 e. The van der Waals surface area contributed by atoms with Gasteiger partial charge in [-0.25, -0.2) is 0 Å². The van der Waals surface area contributed by atoms with Gasteiger partial charge in [0.2, 0.25) is 5.91 Å². The van der Waals surface area contributed by atoms with Crippen LogP contribution in [0.25, 0.3) is 0 Å². The van der Waals surface area contributed by atoms with Crippen LogP contribution in [0.2, 0.25) is 0 Å². The van der Waals surface area contributed by atoms with E-state index in [1.165, 1.54) is 24.2 Å². The van der Waals surface area contributed by atoms with E-state index < -0.39 is 0 Å². The van der Waals surface area contributed by atoms with Gasteiger partial charge in [0.25, 0.3) is 5.19 Å². The second kappa shape index (κ2) is 6.91. The van der Waals surface area contributed by atoms with Gasteiger partial charge < -0.3 is 9.64 Å². The molecule has 1 amide bonds. The van der Waals surface area contributed by atoms with Gasteiger partial charge in [-0.05, 0) is 39.2 Å². The lowest BCUT2D eigenvalue weighted by atomic mass is 10.0. The van der Waals surface area contributed by atoms with E-state index >= 15 is 0 Å². The van der Waals surface area contributed by atoms with E-state index in [1.807, 2.05) is 6.92 Å². The van der Waals surface area contributed by atoms with Crippen molar-refractivity contribution in [2.45, 2.75) is 58.2 Å². The molecule has 0 bridgehead atoms. The third-order valence-electron chi connectivity index (χ3n) is 4.62. The van der Waals surface area contributed by atoms with Crippen LogP contribution in [0, 0.1) is 0 Å². The molecule has 22 heavy (non-hydrogen) atoms. The number of hydrogen-bond donors (Lipinski definition) is 0. The monoisotopic (exact) mass is 324 g/mol. The highest BCUT2D eigenvalue weighted by molar-refractivity contribution is 7.13. The Balaban J connectivity index is 1.66. The first kappa shape index (κ1) is 15.7. The first-order valence-corrected chi connectivity index (χ1v) is 8.97. The second-order valence-corrected chi connectivity index (χ2v) is 7.02. The van der Waals surface area contributed by atoms with Crippen molar-refractivity contribution in [1.29, 1.82) is 0 Å². The lowest BCUT2D eigenvalue weighted by molar-refractivity contribution is -0.130. The van der Waals surface area contributed by atoms with Crippen molar-refractivity contribution in [2.24, 2.45) is 0 Å². The molecule has 1 aromatic heterocycles. The van der Waals surface area contributed by atoms with Crippen molar-refractivity contribution < 1.29 is 9.53 Å². The van der Waals surface area contributed by atoms with Crippen LogP contribution < -0.4 is 4.74 Å². The number of amides is 1. The van der Waals surface area contributed by atoms with Crippen molar-refractivity contribution in [3.63, 3.8) is 0 Å². The predicted octanol–water partition coefficient (Wildman–Crippen LogP) is 1.91. The summed E-state index contributed by atoms with van der Waals surface area (Å²) in [7, 11) is 0. The van der Waals surface area contributed by atoms with Gasteiger partial charge in [-0.1, -0.05) is 11.3 Å². The summed E-state index contributed by atoms with van der Waals surface area (Å²) in [4.78, 5) is 16.4. The molecule has 2 atom stereocenters. The Bertz CT molecular complexity index is 521. The van der Waals surface area contributed by atoms with E-state index in [9.17, 15) is 4.79 Å². The Labute approximate surface area is 135 Å². The Morgan fingerprint density at radius 3 is 2.82 bits per heavy atom. The third-order valence-corrected chi connectivity index (χ3v) is 5.44. The van der Waals surface area contributed by atoms with Crippen molar-refractivity contribution in [1.82, 2.24) is 20.0 Å². The number of carbonyl (C=O) groups is 1. The number of rotatable bonds is 5. The van der Waals surface area contributed by atoms with Gasteiger partial charge in [0.05, 0.1) is 13.2 Å². The zero-order valence-electron chi connectivity index (χ0n) is 13.3. The van der Waals surface area contributed by atoms with Crippen LogP contribution in [0.1, 0.15) is 44.5 Å². The summed E-state index contributed by atoms with van der Waals surface area (Å²) in [6.45, 7) is 7.08. The molecule has 6 nitrogen and oxygen atoms in total. The minimum Gasteiger partial charge on any atom is -0.469 e. The zero-order valence-corrected chi connectivity index (χ0v) is 14.1. The largest absolute Gasteiger partial charge is 0.469 e. The minimum absolute atomic E-state index is 0.212. The van der Waals surface area contributed by atoms with Gasteiger partial charge in [0, 0.05) is 25.6 Å². The molecule has 1 aromatic rings. The van der Waals surface area contributed by atoms with E-state index in [-0.39, 0.29) is 5.91 Å². The molecule has 2 fully saturated rings. The van der Waals surface area contributed by atoms with E-state index in [0.717, 1.165) is 37.5 Å². The van der Waals surface area contributed by atoms with Crippen LogP contribution in [0.3, 0.4) is 0 Å². The minimum atomic E-state index is 0.212. The maximum Gasteiger partial charge on any atom is 0.294 e. The summed E-state index contributed by atoms with van der Waals surface area (Å²) in [5.74, 6) is 0.212. The SMILES string of the molecule is CCOc1nnc(CN2CCC[C@H]2[C@H]2CCCN2C(C)=O)s1. The fourth-order valence-electron chi connectivity index (χ4n) is 3.73. The van der Waals surface area contributed by atoms with Gasteiger partial charge >= 0.3 is 0 Å². The highest BCUT2D eigenvalue weighted by Crippen LogP contribution is 2.32. The highest BCUT2D eigenvalue weighted by atomic mass is 32.1. The maximum atomic E-state index is 11.8. The molecule has 0 radical (unpaired) electrons. The van der Waals surface area contributed by atoms with Crippen molar-refractivity contribution in [2.75, 3.05) is 19.7 Å². The van der Waals surface area contributed by atoms with Crippen LogP contribution >= 0.6 is 11.3 Å². The van der Waals surface area contributed by atoms with Crippen LogP contribution in [0.4, 0.5) is 0 Å². The number of likely N-dealkylation sites (tertiary alicyclic amines) is 2. The molecular formula is C15H24N4O2S. The molecule has 0 aliphatic carbocycles. The van der Waals surface area contributed by atoms with Crippen molar-refractivity contribution in [3.05, 3.63) is 5.01 Å². The average molecular weight is 324 g/mol. The molecule has 7 heteroatoms. The summed E-state index contributed by atoms with van der Waals surface area (Å²) in [6.07, 6.45) is 4.62. The van der Waals surface area contributed by atoms with Gasteiger partial charge in [-0.2, -0.15) is 0 Å². The van der Waals surface area contributed by atoms with Crippen LogP contribution in [-0.2, 0) is 11.3 Å². The highest BCUT2D eigenvalue weighted by Gasteiger charge is 2.38. The van der Waals surface area contributed by atoms with Crippen LogP contribution in [0.5, 0.6) is 5.19 Å². The maximum absolute atomic E-state index is 11.8. The van der Waals surface area contributed by atoms with Gasteiger partial charge in [-0.15, -0.1) is 10.2 Å². The average Bonchev–Trinajstić information content (AvgIpc) is 3.19. The summed E-state index contributed by atoms with van der Waals surface area (Å²) in [5.41, 5.74) is 0. The molecule has 3 rings (SSSR count). The van der Waals surface area contributed by atoms with Crippen LogP contribution in [0.15, 0.2) is 0 Å². The fourth-order valence-corrected chi connectivity index (χ4v) is 4.50. The van der Waals surface area contributed by atoms with Gasteiger partial charge in [0.15, 0.2) is 0 Å². The van der Waals surface area contributed by atoms with Crippen molar-refractivity contribution >= 4 is 17.2 Å². The molecule has 2 aliphatic heterocycles. The fraction of sp³-hybridized carbons (Fsp3) is 0.800. The summed E-state index contributed by atoms with van der Waals surface area (Å²) >= 11 is 1.53. The Hall–Kier alpha value is -1.21. The number of hydrogen-bond acceptors (Lipinski definition) is 6. The first-order valence-electron chi connectivity index (χ1n) is 8.15. The molecule has 0 spiro atoms. The Morgan fingerprint density at radius 2 is 2.05 bits per heavy atom. The predicted molar refractivity (Wildman–Crippen MR) is 84.9 cm³/mol. The second-order valence-electron chi connectivity index (χ2n) is 6.00. The topological polar surface area (TPSA) is 58.6 Å². The van der Waals surface area contributed by atoms with E-state index in [0.29, 0.717) is 23.9 Å². The quantitative estimate of drug-likeness (QED) is 0.828. The van der Waals surface area contributed by atoms with Crippen LogP contribution in [-0.4, -0.2) is 57.7 Å². The van der Waals surface area contributed by atoms with Gasteiger partial charge in [-0.3, -0.25) is 9.69 Å². The molecule has 122 valence electrons. The normalized spacial score (nSPS) is 25.8. The molecular weight excluding hydrogens is 300 g/mol. The van der Waals surface area contributed by atoms with Crippen molar-refractivity contribution in [3.8, 4) is 5.19 Å². The summed E-state index contributed by atoms with van der Waals surface area (Å²) < 4.78 is 5.40. The molecule has 0 saturated carbocycles. The molecule has 0 N–H and O–H groups in total. The third kappa shape index (κ3) is 3.25. The zero-order chi connectivity index (χ0) is 15.5. The Kier molecular flexibility index (Phi) is 4.93. The standard InChI is InChI=1S/C15H24N4O2S/c1-3-21-15-17-16-14(22-15)10-18-8-4-6-12(18)13-7-5-9-19(13)11(2)20/h12-13H,3-10H2,1-2H3/t12-,13+/m0/s1. The van der Waals surface area contributed by atoms with E-state index in [2.05, 4.69) is 20.0 Å². The molecule has 2 saturated heterocycles. The van der Waals surface area contributed by atoms with E-state index in [1.54, 1.807) is 6.92 Å². The number of aromatic nitrogens is 2. The molecule has 0 unspecified atom stereocenters. The van der Waals surface area contributed by atoms with E-state index in [4.69, 9.17) is 4.74 Å². The lowest BCUT2D eigenvalue weighted by Crippen LogP contribution is -2.47. The number of ether oxygens (including phenoxy) is 1. The number of nitrogens with zero attached hydrogens (tertiary/aromatic N) is 4. The Morgan fingerprint density at radius 1 is 1.27 bits per heavy atom. The summed E-state index contributed by atoms with van der Waals surface area (Å²) in [6, 6.07) is 0.838. The lowest BCUT2D eigenvalue weighted by Gasteiger charge is -2.34.